The summed E-state index contributed by atoms with van der Waals surface area (Å²) >= 11 is 1.09. The Morgan fingerprint density at radius 3 is 2.58 bits per heavy atom. The van der Waals surface area contributed by atoms with Gasteiger partial charge in [0, 0.05) is 22.7 Å². The Labute approximate surface area is 211 Å². The van der Waals surface area contributed by atoms with Crippen molar-refractivity contribution in [2.75, 3.05) is 11.8 Å². The minimum atomic E-state index is -3.85. The molecule has 0 saturated heterocycles. The molecule has 0 atom stereocenters. The molecule has 2 aromatic heterocycles. The molecule has 2 heterocycles. The Bertz CT molecular complexity index is 1730. The number of hydrogen-bond donors (Lipinski definition) is 1. The first-order chi connectivity index (χ1) is 17.4. The lowest BCUT2D eigenvalue weighted by atomic mass is 9.90. The van der Waals surface area contributed by atoms with Crippen LogP contribution in [0.4, 0.5) is 5.13 Å². The predicted molar refractivity (Wildman–Crippen MR) is 139 cm³/mol. The summed E-state index contributed by atoms with van der Waals surface area (Å²) in [6.45, 7) is 1.87. The van der Waals surface area contributed by atoms with Crippen molar-refractivity contribution in [3.8, 4) is 34.2 Å². The second kappa shape index (κ2) is 9.37. The van der Waals surface area contributed by atoms with Crippen LogP contribution >= 0.6 is 11.3 Å². The summed E-state index contributed by atoms with van der Waals surface area (Å²) in [7, 11) is -2.27. The summed E-state index contributed by atoms with van der Waals surface area (Å²) in [5.74, 6) is 0.569. The zero-order chi connectivity index (χ0) is 25.3. The van der Waals surface area contributed by atoms with E-state index < -0.39 is 10.0 Å². The van der Waals surface area contributed by atoms with E-state index in [1.807, 2.05) is 43.3 Å². The highest BCUT2D eigenvalue weighted by Crippen LogP contribution is 2.42. The van der Waals surface area contributed by atoms with Crippen molar-refractivity contribution in [2.45, 2.75) is 11.8 Å². The minimum absolute atomic E-state index is 0.0863. The number of ether oxygens (including phenoxy) is 1. The van der Waals surface area contributed by atoms with Gasteiger partial charge in [-0.05, 0) is 47.7 Å². The summed E-state index contributed by atoms with van der Waals surface area (Å²) in [6.07, 6.45) is 1.61. The van der Waals surface area contributed by atoms with Gasteiger partial charge in [0.2, 0.25) is 5.13 Å². The fourth-order valence-corrected chi connectivity index (χ4v) is 5.87. The third-order valence-corrected chi connectivity index (χ3v) is 7.89. The maximum atomic E-state index is 12.9. The molecule has 178 valence electrons. The van der Waals surface area contributed by atoms with Crippen LogP contribution in [0.1, 0.15) is 11.1 Å². The molecule has 0 amide bonds. The van der Waals surface area contributed by atoms with Crippen LogP contribution in [0.15, 0.2) is 77.3 Å². The van der Waals surface area contributed by atoms with Gasteiger partial charge in [-0.15, -0.1) is 10.2 Å². The standard InChI is InChI=1S/C26H19N5O3S2/c1-16-22(14-27)21(17-6-4-3-5-7-17)13-23(34-2)24(16)25-20-9-8-19(12-18(20)10-11-28-25)36(32,33)31-26-30-29-15-35-26/h3-13,15H,1-2H3,(H,30,31). The van der Waals surface area contributed by atoms with Crippen LogP contribution in [0.2, 0.25) is 0 Å². The van der Waals surface area contributed by atoms with E-state index in [0.717, 1.165) is 33.4 Å². The number of pyridine rings is 1. The number of nitriles is 1. The quantitative estimate of drug-likeness (QED) is 0.322. The van der Waals surface area contributed by atoms with Gasteiger partial charge in [0.05, 0.1) is 23.3 Å². The average molecular weight is 514 g/mol. The number of sulfonamides is 1. The molecular formula is C26H19N5O3S2. The molecule has 1 N–H and O–H groups in total. The van der Waals surface area contributed by atoms with Gasteiger partial charge in [-0.1, -0.05) is 47.7 Å². The number of hydrogen-bond acceptors (Lipinski definition) is 8. The minimum Gasteiger partial charge on any atom is -0.496 e. The van der Waals surface area contributed by atoms with E-state index in [0.29, 0.717) is 28.0 Å². The van der Waals surface area contributed by atoms with E-state index in [-0.39, 0.29) is 10.0 Å². The van der Waals surface area contributed by atoms with Crippen molar-refractivity contribution >= 4 is 37.3 Å². The fraction of sp³-hybridized carbons (Fsp3) is 0.0769. The number of fused-ring (bicyclic) bond motifs is 1. The lowest BCUT2D eigenvalue weighted by molar-refractivity contribution is 0.416. The topological polar surface area (TPSA) is 118 Å². The second-order valence-corrected chi connectivity index (χ2v) is 10.4. The first kappa shape index (κ1) is 23.4. The van der Waals surface area contributed by atoms with E-state index in [1.165, 1.54) is 11.6 Å². The first-order valence-electron chi connectivity index (χ1n) is 10.8. The third kappa shape index (κ3) is 4.15. The fourth-order valence-electron chi connectivity index (χ4n) is 4.15. The van der Waals surface area contributed by atoms with E-state index in [4.69, 9.17) is 4.74 Å². The number of nitrogens with one attached hydrogen (secondary N) is 1. The monoisotopic (exact) mass is 513 g/mol. The first-order valence-corrected chi connectivity index (χ1v) is 13.1. The van der Waals surface area contributed by atoms with Gasteiger partial charge in [-0.25, -0.2) is 8.42 Å². The maximum Gasteiger partial charge on any atom is 0.263 e. The molecular weight excluding hydrogens is 494 g/mol. The van der Waals surface area contributed by atoms with Crippen molar-refractivity contribution in [1.82, 2.24) is 15.2 Å². The van der Waals surface area contributed by atoms with Crippen LogP contribution in [0, 0.1) is 18.3 Å². The molecule has 5 aromatic rings. The van der Waals surface area contributed by atoms with Crippen molar-refractivity contribution < 1.29 is 13.2 Å². The zero-order valence-electron chi connectivity index (χ0n) is 19.3. The lowest BCUT2D eigenvalue weighted by Crippen LogP contribution is -2.12. The number of nitrogens with zero attached hydrogens (tertiary/aromatic N) is 4. The number of benzene rings is 3. The van der Waals surface area contributed by atoms with Gasteiger partial charge in [0.1, 0.15) is 17.3 Å². The largest absolute Gasteiger partial charge is 0.496 e. The van der Waals surface area contributed by atoms with Crippen LogP contribution in [0.5, 0.6) is 5.75 Å². The van der Waals surface area contributed by atoms with Crippen molar-refractivity contribution in [3.63, 3.8) is 0 Å². The normalized spacial score (nSPS) is 11.2. The molecule has 0 radical (unpaired) electrons. The number of anilines is 1. The Balaban J connectivity index is 1.67. The van der Waals surface area contributed by atoms with E-state index in [2.05, 4.69) is 26.0 Å². The van der Waals surface area contributed by atoms with E-state index >= 15 is 0 Å². The van der Waals surface area contributed by atoms with Crippen LogP contribution in [-0.2, 0) is 10.0 Å². The Hall–Kier alpha value is -4.33. The summed E-state index contributed by atoms with van der Waals surface area (Å²) < 4.78 is 33.9. The highest BCUT2D eigenvalue weighted by molar-refractivity contribution is 7.93. The van der Waals surface area contributed by atoms with Crippen molar-refractivity contribution in [2.24, 2.45) is 0 Å². The van der Waals surface area contributed by atoms with Crippen LogP contribution in [-0.4, -0.2) is 30.7 Å². The van der Waals surface area contributed by atoms with E-state index in [1.54, 1.807) is 31.5 Å². The number of methoxy groups -OCH3 is 1. The summed E-state index contributed by atoms with van der Waals surface area (Å²) in [5, 5.41) is 19.0. The van der Waals surface area contributed by atoms with Gasteiger partial charge < -0.3 is 4.74 Å². The zero-order valence-corrected chi connectivity index (χ0v) is 20.9. The average Bonchev–Trinajstić information content (AvgIpc) is 3.40. The second-order valence-electron chi connectivity index (χ2n) is 7.87. The van der Waals surface area contributed by atoms with Gasteiger partial charge in [0.25, 0.3) is 10.0 Å². The molecule has 0 spiro atoms. The van der Waals surface area contributed by atoms with Crippen molar-refractivity contribution in [1.29, 1.82) is 5.26 Å². The Morgan fingerprint density at radius 2 is 1.89 bits per heavy atom. The SMILES string of the molecule is COc1cc(-c2ccccc2)c(C#N)c(C)c1-c1nccc2cc(S(=O)(=O)Nc3nncs3)ccc12. The summed E-state index contributed by atoms with van der Waals surface area (Å²) in [5.41, 5.74) is 5.66. The molecule has 0 aliphatic rings. The number of rotatable bonds is 6. The lowest BCUT2D eigenvalue weighted by Gasteiger charge is -2.18. The molecule has 5 rings (SSSR count). The molecule has 0 saturated carbocycles. The van der Waals surface area contributed by atoms with Crippen LogP contribution in [0.25, 0.3) is 33.2 Å². The Morgan fingerprint density at radius 1 is 1.08 bits per heavy atom. The summed E-state index contributed by atoms with van der Waals surface area (Å²) in [6, 6.07) is 20.4. The molecule has 0 fully saturated rings. The van der Waals surface area contributed by atoms with Gasteiger partial charge >= 0.3 is 0 Å². The Kier molecular flexibility index (Phi) is 6.10. The molecule has 3 aromatic carbocycles. The summed E-state index contributed by atoms with van der Waals surface area (Å²) in [4.78, 5) is 4.69. The van der Waals surface area contributed by atoms with Crippen LogP contribution < -0.4 is 9.46 Å². The maximum absolute atomic E-state index is 12.9. The highest BCUT2D eigenvalue weighted by Gasteiger charge is 2.22. The molecule has 0 aliphatic carbocycles. The van der Waals surface area contributed by atoms with Crippen molar-refractivity contribution in [3.05, 3.63) is 83.5 Å². The third-order valence-electron chi connectivity index (χ3n) is 5.82. The molecule has 8 nitrogen and oxygen atoms in total. The molecule has 10 heteroatoms. The van der Waals surface area contributed by atoms with Gasteiger partial charge in [0.15, 0.2) is 0 Å². The van der Waals surface area contributed by atoms with Crippen LogP contribution in [0.3, 0.4) is 0 Å². The molecule has 0 unspecified atom stereocenters. The van der Waals surface area contributed by atoms with E-state index in [9.17, 15) is 13.7 Å². The molecule has 36 heavy (non-hydrogen) atoms. The molecule has 0 aliphatic heterocycles. The smallest absolute Gasteiger partial charge is 0.263 e. The highest BCUT2D eigenvalue weighted by atomic mass is 32.2. The molecule has 0 bridgehead atoms. The predicted octanol–water partition coefficient (Wildman–Crippen LogP) is 5.41. The van der Waals surface area contributed by atoms with Gasteiger partial charge in [-0.3, -0.25) is 9.71 Å². The van der Waals surface area contributed by atoms with Gasteiger partial charge in [-0.2, -0.15) is 5.26 Å². The number of aromatic nitrogens is 3.